The highest BCUT2D eigenvalue weighted by atomic mass is 79.9. The molecule has 0 saturated carbocycles. The van der Waals surface area contributed by atoms with Gasteiger partial charge in [0.25, 0.3) is 0 Å². The van der Waals surface area contributed by atoms with Crippen LogP contribution in [0.2, 0.25) is 0 Å². The van der Waals surface area contributed by atoms with E-state index < -0.39 is 5.97 Å². The number of rotatable bonds is 7. The lowest BCUT2D eigenvalue weighted by molar-refractivity contribution is -0.133. The molecule has 0 fully saturated rings. The van der Waals surface area contributed by atoms with Gasteiger partial charge in [0.05, 0.1) is 11.4 Å². The van der Waals surface area contributed by atoms with Crippen molar-refractivity contribution in [2.75, 3.05) is 11.1 Å². The Morgan fingerprint density at radius 2 is 1.70 bits per heavy atom. The largest absolute Gasteiger partial charge is 0.481 e. The molecule has 120 valence electrons. The Labute approximate surface area is 150 Å². The smallest absolute Gasteiger partial charge is 0.313 e. The molecule has 0 atom stereocenters. The Balaban J connectivity index is 0.00000264. The summed E-state index contributed by atoms with van der Waals surface area (Å²) in [7, 11) is 0. The molecule has 0 aliphatic rings. The number of anilines is 1. The molecule has 23 heavy (non-hydrogen) atoms. The number of hydrogen-bond donors (Lipinski definition) is 2. The zero-order chi connectivity index (χ0) is 15.6. The first-order valence-corrected chi connectivity index (χ1v) is 7.68. The van der Waals surface area contributed by atoms with Crippen LogP contribution in [0.4, 0.5) is 11.4 Å². The van der Waals surface area contributed by atoms with Crippen LogP contribution in [0.25, 0.3) is 0 Å². The second-order valence-corrected chi connectivity index (χ2v) is 5.38. The van der Waals surface area contributed by atoms with E-state index in [-0.39, 0.29) is 22.7 Å². The number of halogens is 1. The quantitative estimate of drug-likeness (QED) is 0.668. The van der Waals surface area contributed by atoms with E-state index in [0.29, 0.717) is 0 Å². The zero-order valence-electron chi connectivity index (χ0n) is 12.3. The highest BCUT2D eigenvalue weighted by molar-refractivity contribution is 8.93. The number of aliphatic imine (C=N–C) groups is 1. The van der Waals surface area contributed by atoms with Crippen LogP contribution in [0.15, 0.2) is 76.8 Å². The lowest BCUT2D eigenvalue weighted by Gasteiger charge is -2.03. The van der Waals surface area contributed by atoms with Crippen molar-refractivity contribution in [1.29, 1.82) is 0 Å². The Morgan fingerprint density at radius 3 is 2.30 bits per heavy atom. The number of allylic oxidation sites excluding steroid dienone is 1. The average Bonchev–Trinajstić information content (AvgIpc) is 2.56. The zero-order valence-corrected chi connectivity index (χ0v) is 14.8. The summed E-state index contributed by atoms with van der Waals surface area (Å²) in [5, 5.41) is 12.0. The molecule has 6 heteroatoms. The number of hydrogen-bond acceptors (Lipinski definition) is 4. The molecule has 2 N–H and O–H groups in total. The summed E-state index contributed by atoms with van der Waals surface area (Å²) in [5.74, 6) is -0.868. The van der Waals surface area contributed by atoms with Crippen LogP contribution in [0.5, 0.6) is 0 Å². The van der Waals surface area contributed by atoms with Crippen LogP contribution in [0.3, 0.4) is 0 Å². The molecule has 0 unspecified atom stereocenters. The number of benzene rings is 2. The summed E-state index contributed by atoms with van der Waals surface area (Å²) in [5.41, 5.74) is 1.76. The fraction of sp³-hybridized carbons (Fsp3) is 0.0588. The predicted octanol–water partition coefficient (Wildman–Crippen LogP) is 4.74. The molecule has 2 aromatic carbocycles. The molecule has 2 aromatic rings. The van der Waals surface area contributed by atoms with Gasteiger partial charge >= 0.3 is 5.97 Å². The number of nitrogens with zero attached hydrogens (tertiary/aromatic N) is 1. The first-order chi connectivity index (χ1) is 10.7. The van der Waals surface area contributed by atoms with Gasteiger partial charge in [-0.2, -0.15) is 0 Å². The maximum atomic E-state index is 10.7. The number of aliphatic carboxylic acids is 1. The van der Waals surface area contributed by atoms with E-state index in [9.17, 15) is 4.79 Å². The van der Waals surface area contributed by atoms with Gasteiger partial charge in [-0.15, -0.1) is 28.7 Å². The van der Waals surface area contributed by atoms with Crippen LogP contribution in [-0.2, 0) is 4.79 Å². The van der Waals surface area contributed by atoms with Crippen LogP contribution in [0, 0.1) is 0 Å². The van der Waals surface area contributed by atoms with Gasteiger partial charge in [-0.3, -0.25) is 9.79 Å². The molecule has 0 heterocycles. The van der Waals surface area contributed by atoms with Crippen molar-refractivity contribution in [2.24, 2.45) is 4.99 Å². The van der Waals surface area contributed by atoms with Crippen LogP contribution < -0.4 is 5.32 Å². The molecule has 0 amide bonds. The number of carboxylic acid groups (broad SMARTS) is 1. The molecule has 0 saturated heterocycles. The van der Waals surface area contributed by atoms with Crippen molar-refractivity contribution < 1.29 is 9.90 Å². The number of carboxylic acids is 1. The summed E-state index contributed by atoms with van der Waals surface area (Å²) in [4.78, 5) is 15.8. The van der Waals surface area contributed by atoms with Crippen molar-refractivity contribution >= 4 is 52.3 Å². The highest BCUT2D eigenvalue weighted by Crippen LogP contribution is 2.17. The third-order valence-corrected chi connectivity index (χ3v) is 3.56. The van der Waals surface area contributed by atoms with Crippen molar-refractivity contribution in [3.63, 3.8) is 0 Å². The number of carbonyl (C=O) groups is 1. The summed E-state index contributed by atoms with van der Waals surface area (Å²) in [6, 6.07) is 19.2. The van der Waals surface area contributed by atoms with E-state index in [1.54, 1.807) is 12.4 Å². The van der Waals surface area contributed by atoms with E-state index in [4.69, 9.17) is 5.11 Å². The minimum atomic E-state index is -0.858. The van der Waals surface area contributed by atoms with E-state index >= 15 is 0 Å². The predicted molar refractivity (Wildman–Crippen MR) is 103 cm³/mol. The molecule has 0 aliphatic heterocycles. The Bertz CT molecular complexity index is 661. The number of nitrogens with one attached hydrogen (secondary N) is 1. The molecule has 4 nitrogen and oxygen atoms in total. The minimum absolute atomic E-state index is 0. The summed E-state index contributed by atoms with van der Waals surface area (Å²) in [6.45, 7) is 0. The molecule has 0 aliphatic carbocycles. The average molecular weight is 393 g/mol. The summed E-state index contributed by atoms with van der Waals surface area (Å²) >= 11 is 1.22. The first kappa shape index (κ1) is 19.0. The van der Waals surface area contributed by atoms with Crippen molar-refractivity contribution in [1.82, 2.24) is 0 Å². The van der Waals surface area contributed by atoms with Crippen LogP contribution >= 0.6 is 28.7 Å². The third-order valence-electron chi connectivity index (χ3n) is 2.61. The normalized spacial score (nSPS) is 11.0. The SMILES string of the molecule is Br.O=C(O)CS/C(C=Nc1ccccc1)=C\Nc1ccccc1. The monoisotopic (exact) mass is 392 g/mol. The van der Waals surface area contributed by atoms with Crippen molar-refractivity contribution in [2.45, 2.75) is 0 Å². The number of para-hydroxylation sites is 2. The standard InChI is InChI=1S/C17H16N2O2S.BrH/c20-17(21)13-22-16(11-18-14-7-3-1-4-8-14)12-19-15-9-5-2-6-10-15;/h1-12,18H,13H2,(H,20,21);1H/b16-11-,19-12?;. The van der Waals surface area contributed by atoms with Gasteiger partial charge in [-0.1, -0.05) is 36.4 Å². The lowest BCUT2D eigenvalue weighted by Crippen LogP contribution is -1.99. The lowest BCUT2D eigenvalue weighted by atomic mass is 10.3. The highest BCUT2D eigenvalue weighted by Gasteiger charge is 2.01. The van der Waals surface area contributed by atoms with E-state index in [0.717, 1.165) is 16.3 Å². The minimum Gasteiger partial charge on any atom is -0.481 e. The maximum absolute atomic E-state index is 10.7. The molecule has 2 rings (SSSR count). The summed E-state index contributed by atoms with van der Waals surface area (Å²) in [6.07, 6.45) is 3.42. The number of thioether (sulfide) groups is 1. The Kier molecular flexibility index (Phi) is 8.79. The second kappa shape index (κ2) is 10.6. The van der Waals surface area contributed by atoms with E-state index in [1.807, 2.05) is 60.7 Å². The fourth-order valence-corrected chi connectivity index (χ4v) is 2.16. The van der Waals surface area contributed by atoms with Gasteiger partial charge in [0.2, 0.25) is 0 Å². The third kappa shape index (κ3) is 7.67. The van der Waals surface area contributed by atoms with Crippen LogP contribution in [0.1, 0.15) is 0 Å². The van der Waals surface area contributed by atoms with Crippen molar-refractivity contribution in [3.05, 3.63) is 71.8 Å². The van der Waals surface area contributed by atoms with Gasteiger partial charge in [-0.25, -0.2) is 0 Å². The van der Waals surface area contributed by atoms with Gasteiger partial charge in [0.1, 0.15) is 0 Å². The second-order valence-electron chi connectivity index (χ2n) is 4.33. The molecule has 0 aromatic heterocycles. The topological polar surface area (TPSA) is 61.7 Å². The van der Waals surface area contributed by atoms with Gasteiger partial charge in [-0.05, 0) is 24.3 Å². The van der Waals surface area contributed by atoms with Crippen molar-refractivity contribution in [3.8, 4) is 0 Å². The van der Waals surface area contributed by atoms with E-state index in [2.05, 4.69) is 10.3 Å². The first-order valence-electron chi connectivity index (χ1n) is 6.69. The Morgan fingerprint density at radius 1 is 1.09 bits per heavy atom. The maximum Gasteiger partial charge on any atom is 0.313 e. The molecular formula is C17H17BrN2O2S. The molecule has 0 spiro atoms. The van der Waals surface area contributed by atoms with Crippen LogP contribution in [-0.4, -0.2) is 23.0 Å². The molecule has 0 radical (unpaired) electrons. The molecule has 0 bridgehead atoms. The summed E-state index contributed by atoms with van der Waals surface area (Å²) < 4.78 is 0. The van der Waals surface area contributed by atoms with E-state index in [1.165, 1.54) is 11.8 Å². The Hall–Kier alpha value is -2.05. The van der Waals surface area contributed by atoms with Gasteiger partial charge < -0.3 is 10.4 Å². The fourth-order valence-electron chi connectivity index (χ4n) is 1.60. The van der Waals surface area contributed by atoms with Gasteiger partial charge in [0.15, 0.2) is 0 Å². The molecular weight excluding hydrogens is 376 g/mol. The van der Waals surface area contributed by atoms with Gasteiger partial charge in [0, 0.05) is 23.0 Å².